The zero-order valence-corrected chi connectivity index (χ0v) is 15.7. The van der Waals surface area contributed by atoms with E-state index in [1.807, 2.05) is 32.0 Å². The Hall–Kier alpha value is -2.63. The van der Waals surface area contributed by atoms with Crippen molar-refractivity contribution in [2.24, 2.45) is 5.92 Å². The Labute approximate surface area is 153 Å². The molecule has 0 saturated carbocycles. The lowest BCUT2D eigenvalue weighted by atomic mass is 10.2. The zero-order chi connectivity index (χ0) is 18.7. The van der Waals surface area contributed by atoms with Gasteiger partial charge >= 0.3 is 0 Å². The summed E-state index contributed by atoms with van der Waals surface area (Å²) in [5.41, 5.74) is 8.91. The highest BCUT2D eigenvalue weighted by Gasteiger charge is 2.16. The monoisotopic (exact) mass is 353 g/mol. The van der Waals surface area contributed by atoms with Gasteiger partial charge in [-0.15, -0.1) is 0 Å². The Balaban J connectivity index is 1.84. The molecule has 0 radical (unpaired) electrons. The van der Waals surface area contributed by atoms with Crippen LogP contribution in [0, 0.1) is 5.92 Å². The number of imidazole rings is 1. The zero-order valence-electron chi connectivity index (χ0n) is 15.7. The number of carbonyl (C=O) groups is 1. The van der Waals surface area contributed by atoms with Crippen molar-refractivity contribution in [3.63, 3.8) is 0 Å². The highest BCUT2D eigenvalue weighted by molar-refractivity contribution is 6.06. The van der Waals surface area contributed by atoms with Crippen molar-refractivity contribution < 1.29 is 4.79 Å². The molecule has 0 fully saturated rings. The molecule has 0 aliphatic rings. The van der Waals surface area contributed by atoms with Crippen molar-refractivity contribution in [1.82, 2.24) is 19.9 Å². The first-order valence-electron chi connectivity index (χ1n) is 9.34. The fraction of sp³-hybridized carbons (Fsp3) is 0.450. The van der Waals surface area contributed by atoms with E-state index in [9.17, 15) is 4.79 Å². The molecule has 0 aliphatic heterocycles. The molecule has 26 heavy (non-hydrogen) atoms. The first kappa shape index (κ1) is 18.2. The van der Waals surface area contributed by atoms with Crippen LogP contribution in [0.1, 0.15) is 39.4 Å². The number of hydrogen-bond donors (Lipinski definition) is 2. The molecular formula is C20H27N5O. The third-order valence-electron chi connectivity index (χ3n) is 4.64. The van der Waals surface area contributed by atoms with E-state index in [1.54, 1.807) is 0 Å². The third kappa shape index (κ3) is 3.49. The fourth-order valence-corrected chi connectivity index (χ4v) is 3.23. The molecule has 2 heterocycles. The summed E-state index contributed by atoms with van der Waals surface area (Å²) in [6, 6.07) is 8.05. The number of hydrogen-bond acceptors (Lipinski definition) is 4. The molecule has 6 heteroatoms. The number of fused-ring (bicyclic) bond motifs is 3. The van der Waals surface area contributed by atoms with E-state index in [0.29, 0.717) is 12.4 Å². The second kappa shape index (κ2) is 7.72. The topological polar surface area (TPSA) is 85.8 Å². The molecule has 0 spiro atoms. The Morgan fingerprint density at radius 1 is 1.23 bits per heavy atom. The first-order valence-corrected chi connectivity index (χ1v) is 9.34. The third-order valence-corrected chi connectivity index (χ3v) is 4.64. The minimum atomic E-state index is 0.0288. The molecule has 0 aliphatic carbocycles. The molecule has 3 N–H and O–H groups in total. The second-order valence-electron chi connectivity index (χ2n) is 6.90. The number of rotatable bonds is 7. The van der Waals surface area contributed by atoms with Crippen molar-refractivity contribution >= 4 is 33.7 Å². The van der Waals surface area contributed by atoms with E-state index in [4.69, 9.17) is 10.7 Å². The second-order valence-corrected chi connectivity index (χ2v) is 6.90. The highest BCUT2D eigenvalue weighted by atomic mass is 16.1. The summed E-state index contributed by atoms with van der Waals surface area (Å²) in [6.07, 6.45) is 2.74. The Morgan fingerprint density at radius 2 is 2.00 bits per heavy atom. The van der Waals surface area contributed by atoms with Gasteiger partial charge in [-0.3, -0.25) is 4.79 Å². The Bertz CT molecular complexity index is 929. The molecule has 3 aromatic rings. The molecule has 1 amide bonds. The molecule has 0 unspecified atom stereocenters. The van der Waals surface area contributed by atoms with Crippen LogP contribution in [0.2, 0.25) is 0 Å². The predicted molar refractivity (Wildman–Crippen MR) is 106 cm³/mol. The fourth-order valence-electron chi connectivity index (χ4n) is 3.23. The van der Waals surface area contributed by atoms with Crippen molar-refractivity contribution in [1.29, 1.82) is 0 Å². The lowest BCUT2D eigenvalue weighted by Gasteiger charge is -2.11. The molecule has 0 atom stereocenters. The van der Waals surface area contributed by atoms with E-state index in [0.717, 1.165) is 53.6 Å². The number of nitrogens with two attached hydrogens (primary N) is 1. The standard InChI is InChI=1S/C20H27N5O/c1-4-16-24-17-18(14-9-5-6-10-15(14)23-19(17)21)25(16)12-8-7-11-22-20(26)13(2)3/h5-6,9-10,13H,4,7-8,11-12H2,1-3H3,(H2,21,23)(H,22,26). The summed E-state index contributed by atoms with van der Waals surface area (Å²) in [6.45, 7) is 7.47. The summed E-state index contributed by atoms with van der Waals surface area (Å²) in [5, 5.41) is 4.05. The summed E-state index contributed by atoms with van der Waals surface area (Å²) in [5.74, 6) is 1.64. The van der Waals surface area contributed by atoms with Crippen molar-refractivity contribution in [3.05, 3.63) is 30.1 Å². The minimum Gasteiger partial charge on any atom is -0.382 e. The van der Waals surface area contributed by atoms with Crippen LogP contribution in [0.3, 0.4) is 0 Å². The van der Waals surface area contributed by atoms with Gasteiger partial charge in [0.05, 0.1) is 11.0 Å². The number of aryl methyl sites for hydroxylation is 2. The number of nitrogens with zero attached hydrogens (tertiary/aromatic N) is 3. The van der Waals surface area contributed by atoms with Gasteiger partial charge in [-0.25, -0.2) is 9.97 Å². The highest BCUT2D eigenvalue weighted by Crippen LogP contribution is 2.29. The van der Waals surface area contributed by atoms with Gasteiger partial charge in [0.15, 0.2) is 5.82 Å². The van der Waals surface area contributed by atoms with Crippen LogP contribution < -0.4 is 11.1 Å². The van der Waals surface area contributed by atoms with Gasteiger partial charge < -0.3 is 15.6 Å². The van der Waals surface area contributed by atoms with Crippen LogP contribution >= 0.6 is 0 Å². The van der Waals surface area contributed by atoms with E-state index in [-0.39, 0.29) is 11.8 Å². The normalized spacial score (nSPS) is 11.5. The van der Waals surface area contributed by atoms with Crippen molar-refractivity contribution in [2.75, 3.05) is 12.3 Å². The first-order chi connectivity index (χ1) is 12.5. The van der Waals surface area contributed by atoms with Gasteiger partial charge in [0.1, 0.15) is 11.3 Å². The quantitative estimate of drug-likeness (QED) is 0.638. The minimum absolute atomic E-state index is 0.0288. The maximum Gasteiger partial charge on any atom is 0.222 e. The largest absolute Gasteiger partial charge is 0.382 e. The number of para-hydroxylation sites is 1. The number of nitrogens with one attached hydrogen (secondary N) is 1. The van der Waals surface area contributed by atoms with Crippen LogP contribution in [0.15, 0.2) is 24.3 Å². The number of anilines is 1. The molecule has 0 saturated heterocycles. The number of nitrogen functional groups attached to an aromatic ring is 1. The molecule has 138 valence electrons. The number of benzene rings is 1. The molecular weight excluding hydrogens is 326 g/mol. The number of amides is 1. The van der Waals surface area contributed by atoms with Crippen molar-refractivity contribution in [2.45, 2.75) is 46.6 Å². The number of unbranched alkanes of at least 4 members (excludes halogenated alkanes) is 1. The van der Waals surface area contributed by atoms with Gasteiger partial charge in [0, 0.05) is 30.8 Å². The maximum absolute atomic E-state index is 11.6. The maximum atomic E-state index is 11.6. The van der Waals surface area contributed by atoms with Crippen LogP contribution in [-0.2, 0) is 17.8 Å². The lowest BCUT2D eigenvalue weighted by Crippen LogP contribution is -2.28. The Kier molecular flexibility index (Phi) is 5.40. The lowest BCUT2D eigenvalue weighted by molar-refractivity contribution is -0.123. The van der Waals surface area contributed by atoms with E-state index < -0.39 is 0 Å². The molecule has 2 aromatic heterocycles. The predicted octanol–water partition coefficient (Wildman–Crippen LogP) is 3.28. The molecule has 0 bridgehead atoms. The number of pyridine rings is 1. The average Bonchev–Trinajstić information content (AvgIpc) is 3.01. The van der Waals surface area contributed by atoms with Gasteiger partial charge in [0.25, 0.3) is 0 Å². The van der Waals surface area contributed by atoms with Gasteiger partial charge in [0.2, 0.25) is 5.91 Å². The molecule has 1 aromatic carbocycles. The summed E-state index contributed by atoms with van der Waals surface area (Å²) >= 11 is 0. The smallest absolute Gasteiger partial charge is 0.222 e. The van der Waals surface area contributed by atoms with Crippen LogP contribution in [0.25, 0.3) is 21.9 Å². The molecule has 3 rings (SSSR count). The Morgan fingerprint density at radius 3 is 2.73 bits per heavy atom. The number of aromatic nitrogens is 3. The van der Waals surface area contributed by atoms with Crippen LogP contribution in [0.5, 0.6) is 0 Å². The number of carbonyl (C=O) groups excluding carboxylic acids is 1. The summed E-state index contributed by atoms with van der Waals surface area (Å²) in [4.78, 5) is 20.9. The van der Waals surface area contributed by atoms with E-state index in [2.05, 4.69) is 27.9 Å². The van der Waals surface area contributed by atoms with Gasteiger partial charge in [-0.1, -0.05) is 39.0 Å². The van der Waals surface area contributed by atoms with Crippen LogP contribution in [-0.4, -0.2) is 27.0 Å². The van der Waals surface area contributed by atoms with Gasteiger partial charge in [-0.2, -0.15) is 0 Å². The van der Waals surface area contributed by atoms with E-state index in [1.165, 1.54) is 0 Å². The van der Waals surface area contributed by atoms with Crippen LogP contribution in [0.4, 0.5) is 5.82 Å². The molecule has 6 nitrogen and oxygen atoms in total. The van der Waals surface area contributed by atoms with Crippen molar-refractivity contribution in [3.8, 4) is 0 Å². The SMILES string of the molecule is CCc1nc2c(N)nc3ccccc3c2n1CCCCNC(=O)C(C)C. The summed E-state index contributed by atoms with van der Waals surface area (Å²) in [7, 11) is 0. The van der Waals surface area contributed by atoms with Gasteiger partial charge in [-0.05, 0) is 18.9 Å². The van der Waals surface area contributed by atoms with E-state index >= 15 is 0 Å². The summed E-state index contributed by atoms with van der Waals surface area (Å²) < 4.78 is 2.26. The average molecular weight is 353 g/mol.